The van der Waals surface area contributed by atoms with Crippen molar-refractivity contribution >= 4 is 28.4 Å². The maximum atomic E-state index is 14.6. The highest BCUT2D eigenvalue weighted by Crippen LogP contribution is 2.59. The Hall–Kier alpha value is -4.42. The number of rotatable bonds is 6. The molecule has 0 amide bonds. The van der Waals surface area contributed by atoms with E-state index < -0.39 is 34.6 Å². The number of hydrogen-bond acceptors (Lipinski definition) is 6. The predicted octanol–water partition coefficient (Wildman–Crippen LogP) is 9.87. The van der Waals surface area contributed by atoms with Gasteiger partial charge >= 0.3 is 11.9 Å². The molecule has 3 aromatic carbocycles. The number of alkyl halides is 3. The molecule has 9 rings (SSSR count). The fraction of sp³-hybridized carbons (Fsp3) is 0.435. The Morgan fingerprint density at radius 2 is 1.78 bits per heavy atom. The third-order valence-corrected chi connectivity index (χ3v) is 13.7. The SMILES string of the molecule is CC1=CCC[C@@]2(C)[C@@H](CC[C@@]2(O)CN2CCC(n3c(=O)[nH]c4ccccc43)CC2)c2ccc(cc2C(=O)c2ccc(-c3cc(C(F)(F)F)ccc3Cl)o2)C[C@@H](O)CC1. The van der Waals surface area contributed by atoms with E-state index in [1.807, 2.05) is 47.0 Å². The number of imidazole rings is 1. The molecule has 2 bridgehead atoms. The van der Waals surface area contributed by atoms with Crippen LogP contribution in [0, 0.1) is 5.41 Å². The van der Waals surface area contributed by atoms with Crippen LogP contribution in [0.3, 0.4) is 0 Å². The molecule has 0 spiro atoms. The minimum atomic E-state index is -4.59. The Balaban J connectivity index is 1.11. The molecular formula is C46H49ClF3N3O5. The van der Waals surface area contributed by atoms with Crippen LogP contribution in [0.25, 0.3) is 22.4 Å². The number of para-hydroxylation sites is 2. The average Bonchev–Trinajstić information content (AvgIpc) is 3.87. The zero-order valence-electron chi connectivity index (χ0n) is 32.7. The predicted molar refractivity (Wildman–Crippen MR) is 218 cm³/mol. The van der Waals surface area contributed by atoms with Gasteiger partial charge in [-0.15, -0.1) is 0 Å². The van der Waals surface area contributed by atoms with Gasteiger partial charge in [-0.1, -0.05) is 54.4 Å². The van der Waals surface area contributed by atoms with Crippen LogP contribution in [0.5, 0.6) is 0 Å². The van der Waals surface area contributed by atoms with Crippen molar-refractivity contribution in [2.75, 3.05) is 19.6 Å². The topological polar surface area (TPSA) is 112 Å². The van der Waals surface area contributed by atoms with E-state index >= 15 is 0 Å². The number of halogens is 4. The molecule has 12 heteroatoms. The van der Waals surface area contributed by atoms with Gasteiger partial charge in [-0.05, 0) is 130 Å². The molecule has 1 aliphatic heterocycles. The van der Waals surface area contributed by atoms with Crippen LogP contribution in [0.4, 0.5) is 13.2 Å². The van der Waals surface area contributed by atoms with Crippen molar-refractivity contribution in [3.8, 4) is 11.3 Å². The quantitative estimate of drug-likeness (QED) is 0.116. The van der Waals surface area contributed by atoms with Crippen molar-refractivity contribution in [3.63, 3.8) is 0 Å². The van der Waals surface area contributed by atoms with Gasteiger partial charge in [0.05, 0.1) is 33.3 Å². The molecule has 5 aromatic rings. The van der Waals surface area contributed by atoms with Crippen LogP contribution in [0.1, 0.15) is 110 Å². The summed E-state index contributed by atoms with van der Waals surface area (Å²) in [6.45, 7) is 6.11. The van der Waals surface area contributed by atoms with E-state index in [9.17, 15) is 33.0 Å². The molecule has 2 aromatic heterocycles. The molecule has 8 nitrogen and oxygen atoms in total. The summed E-state index contributed by atoms with van der Waals surface area (Å²) in [6, 6.07) is 19.4. The number of piperidine rings is 1. The number of hydrogen-bond donors (Lipinski definition) is 3. The first-order chi connectivity index (χ1) is 27.6. The number of nitrogens with one attached hydrogen (secondary N) is 1. The van der Waals surface area contributed by atoms with Crippen molar-refractivity contribution in [2.24, 2.45) is 5.41 Å². The van der Waals surface area contributed by atoms with Gasteiger partial charge in [-0.25, -0.2) is 4.79 Å². The maximum absolute atomic E-state index is 14.6. The Kier molecular flexibility index (Phi) is 10.9. The standard InChI is InChI=1S/C46H49ClF3N3O5/c1-28-6-5-20-44(2)36(17-21-45(44,57)27-52-22-18-31(19-23-52)53-39-8-4-3-7-38(39)51-43(53)56)33-13-10-29(24-32(54)12-9-28)25-34(33)42(55)41-16-15-40(58-41)35-26-30(46(48,49)50)11-14-37(35)47/h3-4,6-8,10-11,13-16,25-26,31-32,36,54,57H,5,9,12,17-24,27H2,1-2H3,(H,51,56)/t32-,36-,44-,45+/m0/s1. The van der Waals surface area contributed by atoms with Crippen LogP contribution < -0.4 is 5.69 Å². The molecule has 58 heavy (non-hydrogen) atoms. The number of carbonyl (C=O) groups is 1. The molecule has 2 fully saturated rings. The number of furan rings is 1. The molecular weight excluding hydrogens is 767 g/mol. The largest absolute Gasteiger partial charge is 0.453 e. The number of aliphatic hydroxyl groups is 2. The minimum Gasteiger partial charge on any atom is -0.453 e. The average molecular weight is 816 g/mol. The first-order valence-electron chi connectivity index (χ1n) is 20.3. The number of carbonyl (C=O) groups excluding carboxylic acids is 1. The number of benzene rings is 3. The lowest BCUT2D eigenvalue weighted by Crippen LogP contribution is -2.54. The summed E-state index contributed by atoms with van der Waals surface area (Å²) in [5.41, 5.74) is 2.11. The summed E-state index contributed by atoms with van der Waals surface area (Å²) >= 11 is 6.34. The smallest absolute Gasteiger partial charge is 0.416 e. The maximum Gasteiger partial charge on any atom is 0.416 e. The van der Waals surface area contributed by atoms with Crippen molar-refractivity contribution in [3.05, 3.63) is 128 Å². The number of nitrogens with zero attached hydrogens (tertiary/aromatic N) is 2. The second-order valence-corrected chi connectivity index (χ2v) is 17.4. The van der Waals surface area contributed by atoms with Crippen LogP contribution >= 0.6 is 11.6 Å². The van der Waals surface area contributed by atoms with Gasteiger partial charge in [0.15, 0.2) is 5.76 Å². The Labute approximate surface area is 340 Å². The van der Waals surface area contributed by atoms with E-state index in [2.05, 4.69) is 29.8 Å². The number of β-amino-alcohol motifs (C(OH)–C–C–N with tert-alkyl or cyclic N) is 1. The lowest BCUT2D eigenvalue weighted by molar-refractivity contribution is -0.137. The fourth-order valence-electron chi connectivity index (χ4n) is 9.97. The zero-order valence-corrected chi connectivity index (χ0v) is 33.5. The Bertz CT molecular complexity index is 2420. The van der Waals surface area contributed by atoms with E-state index in [1.165, 1.54) is 17.7 Å². The lowest BCUT2D eigenvalue weighted by atomic mass is 9.64. The lowest BCUT2D eigenvalue weighted by Gasteiger charge is -2.47. The van der Waals surface area contributed by atoms with Gasteiger partial charge in [0, 0.05) is 42.2 Å². The molecule has 306 valence electrons. The minimum absolute atomic E-state index is 0.0245. The Morgan fingerprint density at radius 3 is 2.55 bits per heavy atom. The highest BCUT2D eigenvalue weighted by Gasteiger charge is 2.57. The normalized spacial score (nSPS) is 25.1. The van der Waals surface area contributed by atoms with Crippen molar-refractivity contribution < 1.29 is 32.6 Å². The van der Waals surface area contributed by atoms with E-state index in [-0.39, 0.29) is 39.8 Å². The summed E-state index contributed by atoms with van der Waals surface area (Å²) in [5, 5.41) is 24.0. The molecule has 0 radical (unpaired) electrons. The third kappa shape index (κ3) is 7.62. The van der Waals surface area contributed by atoms with Crippen LogP contribution in [0.2, 0.25) is 5.02 Å². The molecule has 4 atom stereocenters. The summed E-state index contributed by atoms with van der Waals surface area (Å²) in [6.07, 6.45) is 2.65. The number of aromatic nitrogens is 2. The number of fused-ring (bicyclic) bond motifs is 9. The van der Waals surface area contributed by atoms with E-state index in [0.29, 0.717) is 50.6 Å². The van der Waals surface area contributed by atoms with Crippen LogP contribution in [-0.2, 0) is 12.6 Å². The summed E-state index contributed by atoms with van der Waals surface area (Å²) in [4.78, 5) is 32.9. The second kappa shape index (κ2) is 15.6. The molecule has 0 unspecified atom stereocenters. The fourth-order valence-corrected chi connectivity index (χ4v) is 10.2. The van der Waals surface area contributed by atoms with Crippen LogP contribution in [-0.4, -0.2) is 61.8 Å². The number of allylic oxidation sites excluding steroid dienone is 2. The van der Waals surface area contributed by atoms with E-state index in [4.69, 9.17) is 16.0 Å². The molecule has 4 aliphatic rings. The summed E-state index contributed by atoms with van der Waals surface area (Å²) < 4.78 is 48.7. The number of aromatic amines is 1. The number of H-pyrrole nitrogens is 1. The number of ketones is 1. The molecule has 3 heterocycles. The van der Waals surface area contributed by atoms with Crippen molar-refractivity contribution in [1.29, 1.82) is 0 Å². The molecule has 1 saturated carbocycles. The third-order valence-electron chi connectivity index (χ3n) is 13.3. The number of aliphatic hydroxyl groups excluding tert-OH is 1. The van der Waals surface area contributed by atoms with Gasteiger partial charge < -0.3 is 24.5 Å². The van der Waals surface area contributed by atoms with E-state index in [0.717, 1.165) is 72.7 Å². The van der Waals surface area contributed by atoms with E-state index in [1.54, 1.807) is 0 Å². The first kappa shape index (κ1) is 40.4. The van der Waals surface area contributed by atoms with Gasteiger partial charge in [0.25, 0.3) is 0 Å². The van der Waals surface area contributed by atoms with Gasteiger partial charge in [-0.2, -0.15) is 13.2 Å². The van der Waals surface area contributed by atoms with Gasteiger partial charge in [0.1, 0.15) is 5.76 Å². The summed E-state index contributed by atoms with van der Waals surface area (Å²) in [7, 11) is 0. The zero-order chi connectivity index (χ0) is 41.0. The highest BCUT2D eigenvalue weighted by atomic mass is 35.5. The van der Waals surface area contributed by atoms with Gasteiger partial charge in [0.2, 0.25) is 5.78 Å². The van der Waals surface area contributed by atoms with Crippen molar-refractivity contribution in [1.82, 2.24) is 14.5 Å². The number of likely N-dealkylation sites (tertiary alicyclic amines) is 1. The van der Waals surface area contributed by atoms with Crippen LogP contribution in [0.15, 0.2) is 93.7 Å². The Morgan fingerprint density at radius 1 is 1.00 bits per heavy atom. The van der Waals surface area contributed by atoms with Gasteiger partial charge in [-0.3, -0.25) is 9.36 Å². The first-order valence-corrected chi connectivity index (χ1v) is 20.6. The second-order valence-electron chi connectivity index (χ2n) is 17.0. The monoisotopic (exact) mass is 815 g/mol. The van der Waals surface area contributed by atoms with Crippen molar-refractivity contribution in [2.45, 2.75) is 101 Å². The molecule has 3 aliphatic carbocycles. The summed E-state index contributed by atoms with van der Waals surface area (Å²) in [5.74, 6) is -0.665. The molecule has 1 saturated heterocycles. The molecule has 3 N–H and O–H groups in total. The highest BCUT2D eigenvalue weighted by molar-refractivity contribution is 6.33.